The summed E-state index contributed by atoms with van der Waals surface area (Å²) in [6.45, 7) is -0.412. The maximum absolute atomic E-state index is 11.7. The van der Waals surface area contributed by atoms with Crippen molar-refractivity contribution in [1.29, 1.82) is 0 Å². The van der Waals surface area contributed by atoms with E-state index in [1.807, 2.05) is 12.1 Å². The van der Waals surface area contributed by atoms with Crippen LogP contribution in [0.3, 0.4) is 0 Å². The number of fused-ring (bicyclic) bond motifs is 2. The van der Waals surface area contributed by atoms with Crippen molar-refractivity contribution in [2.45, 2.75) is 55.7 Å². The average molecular weight is 555 g/mol. The molecule has 1 aliphatic carbocycles. The van der Waals surface area contributed by atoms with Gasteiger partial charge in [-0.05, 0) is 37.0 Å². The zero-order valence-corrected chi connectivity index (χ0v) is 21.5. The van der Waals surface area contributed by atoms with Crippen LogP contribution in [0.4, 0.5) is 5.69 Å². The molecule has 0 saturated carbocycles. The first-order valence-corrected chi connectivity index (χ1v) is 13.7. The van der Waals surface area contributed by atoms with E-state index in [1.54, 1.807) is 12.3 Å². The highest BCUT2D eigenvalue weighted by Crippen LogP contribution is 2.51. The molecule has 3 heterocycles. The molecule has 14 heteroatoms. The molecule has 200 valence electrons. The molecule has 3 aromatic rings. The number of benzene rings is 1. The summed E-state index contributed by atoms with van der Waals surface area (Å²) in [6, 6.07) is 9.99. The van der Waals surface area contributed by atoms with Gasteiger partial charge in [-0.3, -0.25) is 4.57 Å². The van der Waals surface area contributed by atoms with Crippen LogP contribution in [-0.2, 0) is 20.5 Å². The van der Waals surface area contributed by atoms with E-state index in [9.17, 15) is 29.7 Å². The number of aryl methyl sites for hydroxylation is 1. The summed E-state index contributed by atoms with van der Waals surface area (Å²) in [5, 5.41) is 37.2. The summed E-state index contributed by atoms with van der Waals surface area (Å²) in [6.07, 6.45) is -1.83. The van der Waals surface area contributed by atoms with Crippen molar-refractivity contribution < 1.29 is 39.1 Å². The summed E-state index contributed by atoms with van der Waals surface area (Å²) in [7, 11) is -4.84. The number of aliphatic hydroxyl groups is 3. The van der Waals surface area contributed by atoms with Gasteiger partial charge in [-0.15, -0.1) is 0 Å². The van der Waals surface area contributed by atoms with Crippen LogP contribution in [-0.4, -0.2) is 76.7 Å². The Hall–Kier alpha value is -2.12. The Labute approximate surface area is 217 Å². The van der Waals surface area contributed by atoms with Gasteiger partial charge < -0.3 is 39.9 Å². The average Bonchev–Trinajstić information content (AvgIpc) is 3.54. The SMILES string of the molecule is CC(CO)(OC[C@H]1O[C@@H](n2ncc3c(N[C@@H]4CCc5ccccc54)cc(Cl)nc32)[C@H](O)[C@@H]1O)P(=O)(O)O. The molecule has 5 rings (SSSR count). The third-order valence-electron chi connectivity index (χ3n) is 7.04. The Bertz CT molecular complexity index is 1350. The lowest BCUT2D eigenvalue weighted by Gasteiger charge is -2.29. The van der Waals surface area contributed by atoms with Crippen molar-refractivity contribution in [3.05, 3.63) is 52.8 Å². The maximum Gasteiger partial charge on any atom is 0.359 e. The maximum atomic E-state index is 11.7. The minimum atomic E-state index is -4.84. The second-order valence-corrected chi connectivity index (χ2v) is 11.9. The molecule has 0 bridgehead atoms. The van der Waals surface area contributed by atoms with Crippen LogP contribution < -0.4 is 5.32 Å². The van der Waals surface area contributed by atoms with Crippen molar-refractivity contribution in [2.75, 3.05) is 18.5 Å². The van der Waals surface area contributed by atoms with Crippen LogP contribution in [0.2, 0.25) is 5.15 Å². The van der Waals surface area contributed by atoms with Gasteiger partial charge in [0, 0.05) is 0 Å². The normalized spacial score (nSPS) is 27.4. The number of ether oxygens (including phenoxy) is 2. The van der Waals surface area contributed by atoms with Crippen LogP contribution >= 0.6 is 19.2 Å². The molecule has 12 nitrogen and oxygen atoms in total. The number of halogens is 1. The number of aromatic nitrogens is 3. The fraction of sp³-hybridized carbons (Fsp3) is 0.478. The van der Waals surface area contributed by atoms with Gasteiger partial charge in [0.25, 0.3) is 0 Å². The van der Waals surface area contributed by atoms with Gasteiger partial charge in [0.1, 0.15) is 23.5 Å². The summed E-state index contributed by atoms with van der Waals surface area (Å²) < 4.78 is 24.0. The van der Waals surface area contributed by atoms with Crippen molar-refractivity contribution in [3.8, 4) is 0 Å². The van der Waals surface area contributed by atoms with Crippen molar-refractivity contribution in [2.24, 2.45) is 0 Å². The Morgan fingerprint density at radius 1 is 1.30 bits per heavy atom. The summed E-state index contributed by atoms with van der Waals surface area (Å²) >= 11 is 6.33. The van der Waals surface area contributed by atoms with Crippen LogP contribution in [0.5, 0.6) is 0 Å². The molecule has 0 radical (unpaired) electrons. The number of anilines is 1. The van der Waals surface area contributed by atoms with E-state index in [4.69, 9.17) is 21.1 Å². The zero-order chi connectivity index (χ0) is 26.5. The highest BCUT2D eigenvalue weighted by atomic mass is 35.5. The molecular formula is C23H28ClN4O8P. The van der Waals surface area contributed by atoms with Gasteiger partial charge in [0.05, 0.1) is 36.5 Å². The lowest BCUT2D eigenvalue weighted by molar-refractivity contribution is -0.104. The lowest BCUT2D eigenvalue weighted by Crippen LogP contribution is -2.39. The third kappa shape index (κ3) is 4.78. The van der Waals surface area contributed by atoms with E-state index >= 15 is 0 Å². The van der Waals surface area contributed by atoms with Crippen LogP contribution in [0.15, 0.2) is 36.5 Å². The zero-order valence-electron chi connectivity index (χ0n) is 19.8. The predicted molar refractivity (Wildman–Crippen MR) is 133 cm³/mol. The number of rotatable bonds is 8. The minimum absolute atomic E-state index is 0.0766. The summed E-state index contributed by atoms with van der Waals surface area (Å²) in [4.78, 5) is 23.3. The van der Waals surface area contributed by atoms with Crippen molar-refractivity contribution in [1.82, 2.24) is 14.8 Å². The molecule has 1 aromatic carbocycles. The molecule has 1 fully saturated rings. The van der Waals surface area contributed by atoms with E-state index in [1.165, 1.54) is 15.8 Å². The Balaban J connectivity index is 1.39. The molecule has 1 saturated heterocycles. The highest BCUT2D eigenvalue weighted by molar-refractivity contribution is 7.53. The fourth-order valence-corrected chi connectivity index (χ4v) is 5.36. The number of aliphatic hydroxyl groups excluding tert-OH is 3. The molecular weight excluding hydrogens is 527 g/mol. The van der Waals surface area contributed by atoms with Crippen LogP contribution in [0.1, 0.15) is 36.7 Å². The van der Waals surface area contributed by atoms with Gasteiger partial charge in [-0.2, -0.15) is 5.10 Å². The van der Waals surface area contributed by atoms with Gasteiger partial charge in [0.15, 0.2) is 17.2 Å². The minimum Gasteiger partial charge on any atom is -0.393 e. The second kappa shape index (κ2) is 9.88. The molecule has 0 spiro atoms. The van der Waals surface area contributed by atoms with E-state index in [0.717, 1.165) is 19.8 Å². The molecule has 37 heavy (non-hydrogen) atoms. The Morgan fingerprint density at radius 2 is 2.05 bits per heavy atom. The molecule has 0 amide bonds. The molecule has 6 N–H and O–H groups in total. The molecule has 6 atom stereocenters. The largest absolute Gasteiger partial charge is 0.393 e. The highest BCUT2D eigenvalue weighted by Gasteiger charge is 2.48. The number of hydrogen-bond donors (Lipinski definition) is 6. The van der Waals surface area contributed by atoms with E-state index in [-0.39, 0.29) is 11.2 Å². The second-order valence-electron chi connectivity index (χ2n) is 9.49. The quantitative estimate of drug-likeness (QED) is 0.176. The number of pyridine rings is 1. The summed E-state index contributed by atoms with van der Waals surface area (Å²) in [5.41, 5.74) is 3.51. The van der Waals surface area contributed by atoms with Gasteiger partial charge in [-0.25, -0.2) is 9.67 Å². The van der Waals surface area contributed by atoms with E-state index in [0.29, 0.717) is 16.7 Å². The Morgan fingerprint density at radius 3 is 2.78 bits per heavy atom. The molecule has 1 aliphatic heterocycles. The summed E-state index contributed by atoms with van der Waals surface area (Å²) in [5.74, 6) is 0. The van der Waals surface area contributed by atoms with Crippen LogP contribution in [0, 0.1) is 0 Å². The first kappa shape index (κ1) is 26.5. The van der Waals surface area contributed by atoms with E-state index in [2.05, 4.69) is 27.5 Å². The molecule has 1 unspecified atom stereocenters. The number of nitrogens with one attached hydrogen (secondary N) is 1. The fourth-order valence-electron chi connectivity index (χ4n) is 4.74. The van der Waals surface area contributed by atoms with E-state index < -0.39 is 50.7 Å². The smallest absolute Gasteiger partial charge is 0.359 e. The third-order valence-corrected chi connectivity index (χ3v) is 8.74. The topological polar surface area (TPSA) is 179 Å². The number of hydrogen-bond acceptors (Lipinski definition) is 9. The first-order chi connectivity index (χ1) is 17.5. The van der Waals surface area contributed by atoms with Crippen molar-refractivity contribution in [3.63, 3.8) is 0 Å². The monoisotopic (exact) mass is 554 g/mol. The van der Waals surface area contributed by atoms with Crippen LogP contribution in [0.25, 0.3) is 11.0 Å². The number of nitrogens with zero attached hydrogens (tertiary/aromatic N) is 3. The lowest BCUT2D eigenvalue weighted by atomic mass is 10.1. The van der Waals surface area contributed by atoms with Gasteiger partial charge in [0.2, 0.25) is 0 Å². The van der Waals surface area contributed by atoms with Crippen molar-refractivity contribution >= 4 is 35.9 Å². The van der Waals surface area contributed by atoms with Gasteiger partial charge >= 0.3 is 7.60 Å². The standard InChI is InChI=1S/C23H28ClN4O8P/c1-23(11-29,37(32,33)34)35-10-17-19(30)20(31)22(36-17)28-21-14(9-25-28)16(8-18(24)27-21)26-15-7-6-12-4-2-3-5-13(12)15/h2-5,8-9,15,17,19-20,22,29-31H,6-7,10-11H2,1H3,(H,26,27)(H2,32,33,34)/t15-,17-,19-,20-,22-,23?/m1/s1. The predicted octanol–water partition coefficient (Wildman–Crippen LogP) is 1.71. The first-order valence-electron chi connectivity index (χ1n) is 11.7. The van der Waals surface area contributed by atoms with Gasteiger partial charge in [-0.1, -0.05) is 35.9 Å². The Kier molecular flexibility index (Phi) is 7.07. The molecule has 2 aromatic heterocycles. The molecule has 2 aliphatic rings.